The van der Waals surface area contributed by atoms with E-state index in [1.165, 1.54) is 6.20 Å². The van der Waals surface area contributed by atoms with Gasteiger partial charge in [-0.15, -0.1) is 0 Å². The van der Waals surface area contributed by atoms with E-state index in [9.17, 15) is 4.39 Å². The highest BCUT2D eigenvalue weighted by Crippen LogP contribution is 2.30. The molecule has 2 rings (SSSR count). The van der Waals surface area contributed by atoms with Crippen LogP contribution in [0.4, 0.5) is 4.39 Å². The lowest BCUT2D eigenvalue weighted by atomic mass is 10.3. The van der Waals surface area contributed by atoms with E-state index in [2.05, 4.69) is 4.98 Å². The first-order valence-corrected chi connectivity index (χ1v) is 4.01. The first-order chi connectivity index (χ1) is 6.31. The summed E-state index contributed by atoms with van der Waals surface area (Å²) in [5, 5.41) is 8.64. The summed E-state index contributed by atoms with van der Waals surface area (Å²) in [6.45, 7) is 0. The molecule has 0 spiro atoms. The Morgan fingerprint density at radius 3 is 2.92 bits per heavy atom. The summed E-state index contributed by atoms with van der Waals surface area (Å²) in [4.78, 5) is 3.57. The van der Waals surface area contributed by atoms with Crippen LogP contribution in [-0.4, -0.2) is 11.1 Å². The van der Waals surface area contributed by atoms with Crippen molar-refractivity contribution in [3.05, 3.63) is 23.8 Å². The number of hydrogen-bond acceptors (Lipinski definition) is 3. The highest BCUT2D eigenvalue weighted by atomic mass is 19.1. The zero-order valence-corrected chi connectivity index (χ0v) is 6.83. The number of halogens is 1. The number of ether oxygens (including phenoxy) is 1. The van der Waals surface area contributed by atoms with Gasteiger partial charge in [0.25, 0.3) is 0 Å². The van der Waals surface area contributed by atoms with Gasteiger partial charge in [0, 0.05) is 6.20 Å². The Labute approximate surface area is 74.8 Å². The predicted octanol–water partition coefficient (Wildman–Crippen LogP) is 1.63. The lowest BCUT2D eigenvalue weighted by Gasteiger charge is -2.05. The summed E-state index contributed by atoms with van der Waals surface area (Å²) in [6.07, 6.45) is 4.32. The molecule has 1 aliphatic rings. The molecule has 3 nitrogen and oxygen atoms in total. The molecule has 0 radical (unpaired) electrons. The van der Waals surface area contributed by atoms with Gasteiger partial charge in [0.15, 0.2) is 11.6 Å². The molecular weight excluding hydrogens is 171 g/mol. The molecule has 0 N–H and O–H groups in total. The Hall–Kier alpha value is -1.63. The van der Waals surface area contributed by atoms with Gasteiger partial charge in [-0.1, -0.05) is 0 Å². The van der Waals surface area contributed by atoms with Crippen molar-refractivity contribution in [2.75, 3.05) is 0 Å². The molecule has 0 unspecified atom stereocenters. The molecule has 1 fully saturated rings. The van der Waals surface area contributed by atoms with E-state index in [0.29, 0.717) is 0 Å². The average molecular weight is 178 g/mol. The quantitative estimate of drug-likeness (QED) is 0.691. The second-order valence-electron chi connectivity index (χ2n) is 2.93. The van der Waals surface area contributed by atoms with Gasteiger partial charge in [0.05, 0.1) is 12.3 Å². The van der Waals surface area contributed by atoms with Crippen molar-refractivity contribution in [1.82, 2.24) is 4.98 Å². The van der Waals surface area contributed by atoms with Crippen molar-refractivity contribution in [2.24, 2.45) is 0 Å². The topological polar surface area (TPSA) is 45.9 Å². The molecule has 1 saturated carbocycles. The maximum Gasteiger partial charge on any atom is 0.184 e. The molecule has 66 valence electrons. The molecule has 1 aliphatic carbocycles. The van der Waals surface area contributed by atoms with E-state index < -0.39 is 5.82 Å². The highest BCUT2D eigenvalue weighted by molar-refractivity contribution is 5.41. The predicted molar refractivity (Wildman–Crippen MR) is 42.6 cm³/mol. The SMILES string of the molecule is N#Cc1cncc(F)c1OC1CC1. The van der Waals surface area contributed by atoms with Gasteiger partial charge in [-0.05, 0) is 12.8 Å². The second kappa shape index (κ2) is 3.02. The van der Waals surface area contributed by atoms with Crippen LogP contribution in [0, 0.1) is 17.1 Å². The first-order valence-electron chi connectivity index (χ1n) is 4.01. The number of aromatic nitrogens is 1. The van der Waals surface area contributed by atoms with Crippen molar-refractivity contribution in [2.45, 2.75) is 18.9 Å². The van der Waals surface area contributed by atoms with Crippen molar-refractivity contribution < 1.29 is 9.13 Å². The Bertz CT molecular complexity index is 368. The minimum atomic E-state index is -0.564. The first kappa shape index (κ1) is 7.99. The van der Waals surface area contributed by atoms with Crippen LogP contribution in [0.2, 0.25) is 0 Å². The van der Waals surface area contributed by atoms with Crippen LogP contribution in [0.1, 0.15) is 18.4 Å². The third kappa shape index (κ3) is 1.59. The minimum Gasteiger partial charge on any atom is -0.486 e. The van der Waals surface area contributed by atoms with Gasteiger partial charge in [0.1, 0.15) is 11.6 Å². The maximum absolute atomic E-state index is 13.1. The number of nitrogens with zero attached hydrogens (tertiary/aromatic N) is 2. The zero-order valence-electron chi connectivity index (χ0n) is 6.83. The molecule has 1 heterocycles. The van der Waals surface area contributed by atoms with Crippen LogP contribution in [0.15, 0.2) is 12.4 Å². The minimum absolute atomic E-state index is 0.0417. The molecule has 13 heavy (non-hydrogen) atoms. The fourth-order valence-corrected chi connectivity index (χ4v) is 0.975. The molecule has 4 heteroatoms. The molecule has 1 aromatic heterocycles. The standard InChI is InChI=1S/C9H7FN2O/c10-8-5-12-4-6(3-11)9(8)13-7-1-2-7/h4-5,7H,1-2H2. The number of pyridine rings is 1. The molecule has 0 amide bonds. The van der Waals surface area contributed by atoms with Crippen LogP contribution in [-0.2, 0) is 0 Å². The number of rotatable bonds is 2. The molecule has 1 aromatic rings. The molecular formula is C9H7FN2O. The summed E-state index contributed by atoms with van der Waals surface area (Å²) in [5.74, 6) is -0.522. The van der Waals surface area contributed by atoms with Gasteiger partial charge in [-0.2, -0.15) is 5.26 Å². The van der Waals surface area contributed by atoms with E-state index in [1.54, 1.807) is 0 Å². The van der Waals surface area contributed by atoms with Gasteiger partial charge in [-0.3, -0.25) is 4.98 Å². The van der Waals surface area contributed by atoms with E-state index >= 15 is 0 Å². The van der Waals surface area contributed by atoms with E-state index in [-0.39, 0.29) is 17.4 Å². The summed E-state index contributed by atoms with van der Waals surface area (Å²) in [5.41, 5.74) is 0.159. The number of hydrogen-bond donors (Lipinski definition) is 0. The molecule has 0 aromatic carbocycles. The van der Waals surface area contributed by atoms with Crippen LogP contribution < -0.4 is 4.74 Å². The molecule has 0 aliphatic heterocycles. The average Bonchev–Trinajstić information content (AvgIpc) is 2.92. The summed E-state index contributed by atoms with van der Waals surface area (Å²) in [6, 6.07) is 1.84. The lowest BCUT2D eigenvalue weighted by Crippen LogP contribution is -2.01. The van der Waals surface area contributed by atoms with Crippen LogP contribution >= 0.6 is 0 Å². The Balaban J connectivity index is 2.34. The molecule has 0 bridgehead atoms. The van der Waals surface area contributed by atoms with Crippen molar-refractivity contribution >= 4 is 0 Å². The third-order valence-electron chi connectivity index (χ3n) is 1.78. The largest absolute Gasteiger partial charge is 0.486 e. The summed E-state index contributed by atoms with van der Waals surface area (Å²) in [7, 11) is 0. The van der Waals surface area contributed by atoms with Crippen molar-refractivity contribution in [3.8, 4) is 11.8 Å². The maximum atomic E-state index is 13.1. The summed E-state index contributed by atoms with van der Waals surface area (Å²) < 4.78 is 18.3. The van der Waals surface area contributed by atoms with Crippen LogP contribution in [0.3, 0.4) is 0 Å². The van der Waals surface area contributed by atoms with E-state index in [1.807, 2.05) is 6.07 Å². The third-order valence-corrected chi connectivity index (χ3v) is 1.78. The number of nitriles is 1. The van der Waals surface area contributed by atoms with E-state index in [4.69, 9.17) is 10.00 Å². The fourth-order valence-electron chi connectivity index (χ4n) is 0.975. The fraction of sp³-hybridized carbons (Fsp3) is 0.333. The van der Waals surface area contributed by atoms with Crippen LogP contribution in [0.25, 0.3) is 0 Å². The zero-order chi connectivity index (χ0) is 9.26. The van der Waals surface area contributed by atoms with E-state index in [0.717, 1.165) is 19.0 Å². The van der Waals surface area contributed by atoms with Gasteiger partial charge < -0.3 is 4.74 Å². The van der Waals surface area contributed by atoms with Crippen molar-refractivity contribution in [3.63, 3.8) is 0 Å². The highest BCUT2D eigenvalue weighted by Gasteiger charge is 2.26. The Morgan fingerprint density at radius 2 is 2.31 bits per heavy atom. The van der Waals surface area contributed by atoms with Gasteiger partial charge in [0.2, 0.25) is 0 Å². The van der Waals surface area contributed by atoms with Crippen LogP contribution in [0.5, 0.6) is 5.75 Å². The normalized spacial score (nSPS) is 15.1. The van der Waals surface area contributed by atoms with Gasteiger partial charge in [-0.25, -0.2) is 4.39 Å². The lowest BCUT2D eigenvalue weighted by molar-refractivity contribution is 0.286. The second-order valence-corrected chi connectivity index (χ2v) is 2.93. The summed E-state index contributed by atoms with van der Waals surface area (Å²) >= 11 is 0. The van der Waals surface area contributed by atoms with Crippen molar-refractivity contribution in [1.29, 1.82) is 5.26 Å². The monoisotopic (exact) mass is 178 g/mol. The Kier molecular flexibility index (Phi) is 1.85. The van der Waals surface area contributed by atoms with Gasteiger partial charge >= 0.3 is 0 Å². The molecule has 0 saturated heterocycles. The Morgan fingerprint density at radius 1 is 1.54 bits per heavy atom. The molecule has 0 atom stereocenters. The smallest absolute Gasteiger partial charge is 0.184 e.